The summed E-state index contributed by atoms with van der Waals surface area (Å²) in [4.78, 5) is 25.7. The van der Waals surface area contributed by atoms with E-state index in [0.717, 1.165) is 4.57 Å². The van der Waals surface area contributed by atoms with E-state index in [1.54, 1.807) is 18.0 Å². The quantitative estimate of drug-likeness (QED) is 0.849. The van der Waals surface area contributed by atoms with Gasteiger partial charge in [0.15, 0.2) is 5.56 Å². The normalized spacial score (nSPS) is 10.4. The lowest BCUT2D eigenvalue weighted by atomic mass is 10.2. The van der Waals surface area contributed by atoms with Gasteiger partial charge >= 0.3 is 5.69 Å². The zero-order chi connectivity index (χ0) is 17.3. The van der Waals surface area contributed by atoms with Crippen molar-refractivity contribution in [1.29, 1.82) is 5.26 Å². The fourth-order valence-corrected chi connectivity index (χ4v) is 2.48. The van der Waals surface area contributed by atoms with Crippen LogP contribution in [0.3, 0.4) is 0 Å². The summed E-state index contributed by atoms with van der Waals surface area (Å²) in [6, 6.07) is 6.15. The Morgan fingerprint density at radius 1 is 1.30 bits per heavy atom. The lowest BCUT2D eigenvalue weighted by molar-refractivity contribution is 0.624. The molecule has 0 aliphatic carbocycles. The lowest BCUT2D eigenvalue weighted by Gasteiger charge is -2.23. The molecule has 0 radical (unpaired) electrons. The molecule has 0 amide bonds. The minimum atomic E-state index is -0.667. The van der Waals surface area contributed by atoms with Crippen LogP contribution in [0.2, 0.25) is 5.02 Å². The maximum Gasteiger partial charge on any atom is 0.332 e. The highest BCUT2D eigenvalue weighted by Gasteiger charge is 2.19. The van der Waals surface area contributed by atoms with Crippen molar-refractivity contribution in [3.05, 3.63) is 61.0 Å². The molecule has 0 aliphatic heterocycles. The Balaban J connectivity index is 2.53. The van der Waals surface area contributed by atoms with Crippen LogP contribution in [-0.4, -0.2) is 16.2 Å². The number of aromatic nitrogens is 2. The third kappa shape index (κ3) is 2.98. The van der Waals surface area contributed by atoms with Crippen molar-refractivity contribution < 1.29 is 4.39 Å². The van der Waals surface area contributed by atoms with Crippen LogP contribution in [0.25, 0.3) is 0 Å². The summed E-state index contributed by atoms with van der Waals surface area (Å²) in [7, 11) is 4.39. The van der Waals surface area contributed by atoms with Gasteiger partial charge in [-0.1, -0.05) is 17.7 Å². The van der Waals surface area contributed by atoms with Crippen LogP contribution >= 0.6 is 11.6 Å². The average Bonchev–Trinajstić information content (AvgIpc) is 2.52. The Morgan fingerprint density at radius 3 is 2.52 bits per heavy atom. The van der Waals surface area contributed by atoms with Crippen molar-refractivity contribution in [3.8, 4) is 6.07 Å². The zero-order valence-corrected chi connectivity index (χ0v) is 13.6. The maximum atomic E-state index is 13.5. The van der Waals surface area contributed by atoms with Crippen LogP contribution < -0.4 is 16.1 Å². The second kappa shape index (κ2) is 6.26. The lowest BCUT2D eigenvalue weighted by Crippen LogP contribution is -2.41. The molecule has 0 unspecified atom stereocenters. The number of rotatable bonds is 3. The summed E-state index contributed by atoms with van der Waals surface area (Å²) >= 11 is 5.64. The molecule has 1 heterocycles. The van der Waals surface area contributed by atoms with Gasteiger partial charge < -0.3 is 4.90 Å². The first-order chi connectivity index (χ1) is 10.8. The van der Waals surface area contributed by atoms with Gasteiger partial charge in [0.1, 0.15) is 17.7 Å². The maximum absolute atomic E-state index is 13.5. The number of hydrogen-bond donors (Lipinski definition) is 0. The third-order valence-electron chi connectivity index (χ3n) is 3.51. The molecule has 2 aromatic rings. The second-order valence-corrected chi connectivity index (χ2v) is 5.53. The number of hydrogen-bond acceptors (Lipinski definition) is 4. The third-order valence-corrected chi connectivity index (χ3v) is 3.82. The highest BCUT2D eigenvalue weighted by atomic mass is 35.5. The van der Waals surface area contributed by atoms with Crippen LogP contribution in [0, 0.1) is 17.1 Å². The van der Waals surface area contributed by atoms with Gasteiger partial charge in [0.25, 0.3) is 5.56 Å². The highest BCUT2D eigenvalue weighted by Crippen LogP contribution is 2.19. The van der Waals surface area contributed by atoms with Gasteiger partial charge in [-0.25, -0.2) is 9.18 Å². The molecule has 0 aliphatic rings. The van der Waals surface area contributed by atoms with E-state index < -0.39 is 17.1 Å². The number of anilines is 1. The Labute approximate surface area is 136 Å². The van der Waals surface area contributed by atoms with E-state index in [4.69, 9.17) is 11.6 Å². The highest BCUT2D eigenvalue weighted by molar-refractivity contribution is 6.30. The Kier molecular flexibility index (Phi) is 4.57. The van der Waals surface area contributed by atoms with Crippen molar-refractivity contribution in [2.75, 3.05) is 11.9 Å². The molecular weight excluding hydrogens is 323 g/mol. The van der Waals surface area contributed by atoms with Crippen molar-refractivity contribution in [3.63, 3.8) is 0 Å². The molecule has 0 bridgehead atoms. The molecule has 0 spiro atoms. The van der Waals surface area contributed by atoms with Gasteiger partial charge in [-0.2, -0.15) is 5.26 Å². The molecule has 1 aromatic heterocycles. The summed E-state index contributed by atoms with van der Waals surface area (Å²) in [5.74, 6) is -0.383. The standard InChI is InChI=1S/C15H14ClFN4O2/c1-19(8-9-4-5-11(16)12(17)6-9)13-10(7-18)14(22)21(3)15(23)20(13)2/h4-6H,8H2,1-3H3. The summed E-state index contributed by atoms with van der Waals surface area (Å²) in [6.45, 7) is 0.198. The van der Waals surface area contributed by atoms with Crippen molar-refractivity contribution in [1.82, 2.24) is 9.13 Å². The first-order valence-electron chi connectivity index (χ1n) is 6.63. The molecule has 120 valence electrons. The predicted molar refractivity (Wildman–Crippen MR) is 85.2 cm³/mol. The van der Waals surface area contributed by atoms with E-state index in [-0.39, 0.29) is 22.9 Å². The van der Waals surface area contributed by atoms with Gasteiger partial charge in [0.05, 0.1) is 5.02 Å². The Bertz CT molecular complexity index is 927. The first kappa shape index (κ1) is 16.8. The fourth-order valence-electron chi connectivity index (χ4n) is 2.36. The predicted octanol–water partition coefficient (Wildman–Crippen LogP) is 1.38. The Hall–Kier alpha value is -2.59. The fraction of sp³-hybridized carbons (Fsp3) is 0.267. The van der Waals surface area contributed by atoms with Crippen LogP contribution in [0.4, 0.5) is 10.2 Å². The van der Waals surface area contributed by atoms with E-state index in [0.29, 0.717) is 5.56 Å². The molecule has 6 nitrogen and oxygen atoms in total. The molecule has 0 saturated heterocycles. The molecule has 8 heteroatoms. The van der Waals surface area contributed by atoms with Crippen LogP contribution in [0.15, 0.2) is 27.8 Å². The van der Waals surface area contributed by atoms with Crippen molar-refractivity contribution >= 4 is 17.4 Å². The number of nitrogens with zero attached hydrogens (tertiary/aromatic N) is 4. The summed E-state index contributed by atoms with van der Waals surface area (Å²) < 4.78 is 15.6. The van der Waals surface area contributed by atoms with Gasteiger partial charge in [-0.05, 0) is 17.7 Å². The summed E-state index contributed by atoms with van der Waals surface area (Å²) in [5, 5.41) is 9.26. The SMILES string of the molecule is CN(Cc1ccc(Cl)c(F)c1)c1c(C#N)c(=O)n(C)c(=O)n1C. The first-order valence-corrected chi connectivity index (χ1v) is 7.01. The van der Waals surface area contributed by atoms with E-state index in [2.05, 4.69) is 0 Å². The van der Waals surface area contributed by atoms with Crippen molar-refractivity contribution in [2.24, 2.45) is 14.1 Å². The van der Waals surface area contributed by atoms with E-state index in [9.17, 15) is 19.2 Å². The van der Waals surface area contributed by atoms with E-state index in [1.165, 1.54) is 30.8 Å². The van der Waals surface area contributed by atoms with E-state index >= 15 is 0 Å². The minimum Gasteiger partial charge on any atom is -0.355 e. The Morgan fingerprint density at radius 2 is 1.96 bits per heavy atom. The van der Waals surface area contributed by atoms with Gasteiger partial charge in [0.2, 0.25) is 0 Å². The molecule has 0 atom stereocenters. The second-order valence-electron chi connectivity index (χ2n) is 5.12. The topological polar surface area (TPSA) is 71.0 Å². The monoisotopic (exact) mass is 336 g/mol. The van der Waals surface area contributed by atoms with Gasteiger partial charge in [0, 0.05) is 27.7 Å². The molecule has 23 heavy (non-hydrogen) atoms. The summed E-state index contributed by atoms with van der Waals surface area (Å²) in [5.41, 5.74) is -0.768. The van der Waals surface area contributed by atoms with E-state index in [1.807, 2.05) is 6.07 Å². The van der Waals surface area contributed by atoms with Gasteiger partial charge in [-0.3, -0.25) is 13.9 Å². The molecule has 0 saturated carbocycles. The smallest absolute Gasteiger partial charge is 0.332 e. The van der Waals surface area contributed by atoms with Crippen molar-refractivity contribution in [2.45, 2.75) is 6.54 Å². The molecular formula is C15H14ClFN4O2. The molecule has 2 rings (SSSR count). The number of nitriles is 1. The average molecular weight is 337 g/mol. The molecule has 0 fully saturated rings. The summed E-state index contributed by atoms with van der Waals surface area (Å²) in [6.07, 6.45) is 0. The molecule has 1 aromatic carbocycles. The van der Waals surface area contributed by atoms with Crippen LogP contribution in [-0.2, 0) is 20.6 Å². The minimum absolute atomic E-state index is 0.00935. The molecule has 0 N–H and O–H groups in total. The van der Waals surface area contributed by atoms with Gasteiger partial charge in [-0.15, -0.1) is 0 Å². The van der Waals surface area contributed by atoms with Crippen LogP contribution in [0.5, 0.6) is 0 Å². The number of benzene rings is 1. The largest absolute Gasteiger partial charge is 0.355 e. The van der Waals surface area contributed by atoms with Crippen LogP contribution in [0.1, 0.15) is 11.1 Å². The number of halogens is 2. The zero-order valence-electron chi connectivity index (χ0n) is 12.8.